The first-order chi connectivity index (χ1) is 11.3. The van der Waals surface area contributed by atoms with Crippen molar-refractivity contribution in [1.82, 2.24) is 9.97 Å². The topological polar surface area (TPSA) is 71.7 Å². The van der Waals surface area contributed by atoms with Crippen molar-refractivity contribution >= 4 is 17.7 Å². The van der Waals surface area contributed by atoms with Crippen molar-refractivity contribution < 1.29 is 13.9 Å². The van der Waals surface area contributed by atoms with Gasteiger partial charge in [0, 0.05) is 31.4 Å². The number of carbonyl (C=O) groups excluding carboxylic acids is 1. The predicted octanol–water partition coefficient (Wildman–Crippen LogP) is 1.50. The Labute approximate surface area is 133 Å². The van der Waals surface area contributed by atoms with E-state index < -0.39 is 0 Å². The average molecular weight is 314 g/mol. The van der Waals surface area contributed by atoms with Crippen LogP contribution in [0, 0.1) is 0 Å². The standard InChI is InChI=1S/C16H18N4O3/c21-15(13-4-2-8-23-13)20-5-1-3-12-11-17-16(18-14(12)20)19-6-9-22-10-7-19/h2,4,8,11H,1,3,5-7,9-10H2. The van der Waals surface area contributed by atoms with Gasteiger partial charge in [0.25, 0.3) is 5.91 Å². The van der Waals surface area contributed by atoms with E-state index in [9.17, 15) is 4.79 Å². The highest BCUT2D eigenvalue weighted by atomic mass is 16.5. The zero-order chi connectivity index (χ0) is 15.6. The molecule has 0 N–H and O–H groups in total. The lowest BCUT2D eigenvalue weighted by atomic mass is 10.1. The zero-order valence-electron chi connectivity index (χ0n) is 12.8. The van der Waals surface area contributed by atoms with Crippen molar-refractivity contribution in [2.24, 2.45) is 0 Å². The monoisotopic (exact) mass is 314 g/mol. The lowest BCUT2D eigenvalue weighted by Gasteiger charge is -2.31. The van der Waals surface area contributed by atoms with Gasteiger partial charge in [-0.1, -0.05) is 0 Å². The van der Waals surface area contributed by atoms with E-state index in [0.29, 0.717) is 37.3 Å². The van der Waals surface area contributed by atoms with Crippen LogP contribution in [0.15, 0.2) is 29.0 Å². The smallest absolute Gasteiger partial charge is 0.295 e. The molecule has 0 saturated carbocycles. The highest BCUT2D eigenvalue weighted by Gasteiger charge is 2.28. The summed E-state index contributed by atoms with van der Waals surface area (Å²) in [6, 6.07) is 3.40. The molecule has 23 heavy (non-hydrogen) atoms. The fourth-order valence-electron chi connectivity index (χ4n) is 2.98. The van der Waals surface area contributed by atoms with Gasteiger partial charge in [0.2, 0.25) is 5.95 Å². The molecule has 2 aromatic heterocycles. The minimum absolute atomic E-state index is 0.150. The molecular formula is C16H18N4O3. The Balaban J connectivity index is 1.66. The number of hydrogen-bond acceptors (Lipinski definition) is 6. The van der Waals surface area contributed by atoms with Crippen LogP contribution in [0.4, 0.5) is 11.8 Å². The minimum Gasteiger partial charge on any atom is -0.459 e. The second-order valence-corrected chi connectivity index (χ2v) is 5.66. The molecule has 7 heteroatoms. The van der Waals surface area contributed by atoms with Gasteiger partial charge in [-0.3, -0.25) is 9.69 Å². The molecular weight excluding hydrogens is 296 g/mol. The first-order valence-electron chi connectivity index (χ1n) is 7.87. The number of aromatic nitrogens is 2. The SMILES string of the molecule is O=C(c1ccco1)N1CCCc2cnc(N3CCOCC3)nc21. The Morgan fingerprint density at radius 2 is 2.09 bits per heavy atom. The van der Waals surface area contributed by atoms with Gasteiger partial charge in [0.15, 0.2) is 5.76 Å². The lowest BCUT2D eigenvalue weighted by molar-refractivity contribution is 0.0957. The maximum Gasteiger partial charge on any atom is 0.295 e. The van der Waals surface area contributed by atoms with E-state index in [1.165, 1.54) is 6.26 Å². The van der Waals surface area contributed by atoms with Crippen molar-refractivity contribution in [3.8, 4) is 0 Å². The molecule has 0 atom stereocenters. The number of hydrogen-bond donors (Lipinski definition) is 0. The summed E-state index contributed by atoms with van der Waals surface area (Å²) < 4.78 is 10.6. The fraction of sp³-hybridized carbons (Fsp3) is 0.438. The predicted molar refractivity (Wildman–Crippen MR) is 83.8 cm³/mol. The molecule has 7 nitrogen and oxygen atoms in total. The van der Waals surface area contributed by atoms with Crippen molar-refractivity contribution in [3.63, 3.8) is 0 Å². The molecule has 0 bridgehead atoms. The number of carbonyl (C=O) groups is 1. The van der Waals surface area contributed by atoms with Crippen LogP contribution in [-0.4, -0.2) is 48.7 Å². The van der Waals surface area contributed by atoms with E-state index in [2.05, 4.69) is 14.9 Å². The molecule has 0 radical (unpaired) electrons. The molecule has 2 aromatic rings. The quantitative estimate of drug-likeness (QED) is 0.836. The molecule has 0 aromatic carbocycles. The maximum atomic E-state index is 12.6. The van der Waals surface area contributed by atoms with Crippen molar-refractivity contribution in [2.45, 2.75) is 12.8 Å². The van der Waals surface area contributed by atoms with Gasteiger partial charge < -0.3 is 14.1 Å². The minimum atomic E-state index is -0.150. The van der Waals surface area contributed by atoms with Crippen LogP contribution in [0.25, 0.3) is 0 Å². The number of amides is 1. The summed E-state index contributed by atoms with van der Waals surface area (Å²) in [6.45, 7) is 3.53. The molecule has 1 saturated heterocycles. The van der Waals surface area contributed by atoms with Gasteiger partial charge in [-0.05, 0) is 25.0 Å². The number of fused-ring (bicyclic) bond motifs is 1. The maximum absolute atomic E-state index is 12.6. The number of nitrogens with zero attached hydrogens (tertiary/aromatic N) is 4. The van der Waals surface area contributed by atoms with Gasteiger partial charge >= 0.3 is 0 Å². The first-order valence-corrected chi connectivity index (χ1v) is 7.87. The van der Waals surface area contributed by atoms with Gasteiger partial charge in [0.05, 0.1) is 19.5 Å². The van der Waals surface area contributed by atoms with Crippen molar-refractivity contribution in [3.05, 3.63) is 35.9 Å². The van der Waals surface area contributed by atoms with Crippen LogP contribution in [0.2, 0.25) is 0 Å². The second kappa shape index (κ2) is 6.00. The Kier molecular flexibility index (Phi) is 3.70. The highest BCUT2D eigenvalue weighted by molar-refractivity contribution is 6.04. The van der Waals surface area contributed by atoms with Gasteiger partial charge in [0.1, 0.15) is 5.82 Å². The van der Waals surface area contributed by atoms with Crippen LogP contribution in [0.3, 0.4) is 0 Å². The van der Waals surface area contributed by atoms with Gasteiger partial charge in [-0.25, -0.2) is 4.98 Å². The third-order valence-electron chi connectivity index (χ3n) is 4.18. The summed E-state index contributed by atoms with van der Waals surface area (Å²) in [7, 11) is 0. The number of aryl methyl sites for hydroxylation is 1. The number of ether oxygens (including phenoxy) is 1. The second-order valence-electron chi connectivity index (χ2n) is 5.66. The fourth-order valence-corrected chi connectivity index (χ4v) is 2.98. The largest absolute Gasteiger partial charge is 0.459 e. The van der Waals surface area contributed by atoms with E-state index in [1.54, 1.807) is 17.0 Å². The lowest BCUT2D eigenvalue weighted by Crippen LogP contribution is -2.39. The summed E-state index contributed by atoms with van der Waals surface area (Å²) in [6.07, 6.45) is 5.15. The van der Waals surface area contributed by atoms with Crippen LogP contribution < -0.4 is 9.80 Å². The molecule has 0 spiro atoms. The normalized spacial score (nSPS) is 17.9. The van der Waals surface area contributed by atoms with E-state index in [4.69, 9.17) is 9.15 Å². The number of rotatable bonds is 2. The number of furan rings is 1. The van der Waals surface area contributed by atoms with Gasteiger partial charge in [-0.15, -0.1) is 0 Å². The highest BCUT2D eigenvalue weighted by Crippen LogP contribution is 2.28. The van der Waals surface area contributed by atoms with Gasteiger partial charge in [-0.2, -0.15) is 4.98 Å². The summed E-state index contributed by atoms with van der Waals surface area (Å²) in [4.78, 5) is 25.6. The Bertz CT molecular complexity index is 695. The van der Waals surface area contributed by atoms with Crippen LogP contribution >= 0.6 is 0 Å². The summed E-state index contributed by atoms with van der Waals surface area (Å²) in [5.74, 6) is 1.55. The molecule has 4 heterocycles. The van der Waals surface area contributed by atoms with E-state index in [-0.39, 0.29) is 5.91 Å². The molecule has 1 fully saturated rings. The van der Waals surface area contributed by atoms with E-state index in [1.807, 2.05) is 6.20 Å². The van der Waals surface area contributed by atoms with Crippen LogP contribution in [0.1, 0.15) is 22.5 Å². The molecule has 0 aliphatic carbocycles. The molecule has 2 aliphatic rings. The molecule has 1 amide bonds. The molecule has 0 unspecified atom stereocenters. The van der Waals surface area contributed by atoms with Crippen molar-refractivity contribution in [1.29, 1.82) is 0 Å². The molecule has 120 valence electrons. The van der Waals surface area contributed by atoms with Crippen LogP contribution in [0.5, 0.6) is 0 Å². The third-order valence-corrected chi connectivity index (χ3v) is 4.18. The molecule has 4 rings (SSSR count). The zero-order valence-corrected chi connectivity index (χ0v) is 12.8. The number of morpholine rings is 1. The summed E-state index contributed by atoms with van der Waals surface area (Å²) in [5.41, 5.74) is 1.01. The summed E-state index contributed by atoms with van der Waals surface area (Å²) in [5, 5.41) is 0. The number of anilines is 2. The third kappa shape index (κ3) is 2.68. The molecule has 2 aliphatic heterocycles. The first kappa shape index (κ1) is 14.2. The Hall–Kier alpha value is -2.41. The Morgan fingerprint density at radius 1 is 1.22 bits per heavy atom. The van der Waals surface area contributed by atoms with Crippen LogP contribution in [-0.2, 0) is 11.2 Å². The average Bonchev–Trinajstić information content (AvgIpc) is 3.15. The summed E-state index contributed by atoms with van der Waals surface area (Å²) >= 11 is 0. The Morgan fingerprint density at radius 3 is 2.87 bits per heavy atom. The van der Waals surface area contributed by atoms with E-state index in [0.717, 1.165) is 31.5 Å². The van der Waals surface area contributed by atoms with E-state index >= 15 is 0 Å². The van der Waals surface area contributed by atoms with Crippen molar-refractivity contribution in [2.75, 3.05) is 42.6 Å².